The summed E-state index contributed by atoms with van der Waals surface area (Å²) < 4.78 is 31.3. The maximum absolute atomic E-state index is 15.3. The lowest BCUT2D eigenvalue weighted by molar-refractivity contribution is 0.516. The average Bonchev–Trinajstić information content (AvgIpc) is 3.01. The SMILES string of the molecule is Cc1nnc2nc(N3CCCCc4c(C#CC(C)(C)C)cccc43)c3c(F)c(F)ccc3n12. The Labute approximate surface area is 191 Å². The van der Waals surface area contributed by atoms with Gasteiger partial charge in [-0.1, -0.05) is 17.9 Å². The number of rotatable bonds is 1. The molecule has 3 heterocycles. The third-order valence-corrected chi connectivity index (χ3v) is 5.88. The maximum Gasteiger partial charge on any atom is 0.257 e. The zero-order valence-corrected chi connectivity index (χ0v) is 19.2. The Bertz CT molecular complexity index is 1450. The van der Waals surface area contributed by atoms with Crippen molar-refractivity contribution in [2.45, 2.75) is 47.0 Å². The van der Waals surface area contributed by atoms with Gasteiger partial charge in [0.25, 0.3) is 5.78 Å². The maximum atomic E-state index is 15.3. The van der Waals surface area contributed by atoms with Crippen LogP contribution in [0.5, 0.6) is 0 Å². The Hall–Kier alpha value is -3.53. The minimum Gasteiger partial charge on any atom is -0.325 e. The quantitative estimate of drug-likeness (QED) is 0.351. The van der Waals surface area contributed by atoms with Gasteiger partial charge in [-0.25, -0.2) is 8.78 Å². The van der Waals surface area contributed by atoms with E-state index in [-0.39, 0.29) is 10.8 Å². The van der Waals surface area contributed by atoms with Gasteiger partial charge >= 0.3 is 0 Å². The molecule has 0 fully saturated rings. The zero-order chi connectivity index (χ0) is 23.3. The number of benzene rings is 2. The van der Waals surface area contributed by atoms with Crippen LogP contribution in [-0.4, -0.2) is 26.1 Å². The van der Waals surface area contributed by atoms with Crippen LogP contribution in [0, 0.1) is 35.8 Å². The highest BCUT2D eigenvalue weighted by Crippen LogP contribution is 2.38. The Balaban J connectivity index is 1.80. The van der Waals surface area contributed by atoms with Crippen LogP contribution in [0.2, 0.25) is 0 Å². The predicted molar refractivity (Wildman–Crippen MR) is 126 cm³/mol. The third-order valence-electron chi connectivity index (χ3n) is 5.88. The molecule has 0 spiro atoms. The van der Waals surface area contributed by atoms with E-state index < -0.39 is 11.6 Å². The topological polar surface area (TPSA) is 46.3 Å². The second kappa shape index (κ2) is 7.80. The van der Waals surface area contributed by atoms with Gasteiger partial charge in [0.15, 0.2) is 11.6 Å². The van der Waals surface area contributed by atoms with Gasteiger partial charge in [0.2, 0.25) is 0 Å². The highest BCUT2D eigenvalue weighted by atomic mass is 19.2. The molecule has 5 rings (SSSR count). The molecule has 2 aromatic heterocycles. The van der Waals surface area contributed by atoms with Crippen LogP contribution in [0.15, 0.2) is 30.3 Å². The van der Waals surface area contributed by atoms with E-state index in [1.807, 2.05) is 23.1 Å². The molecular weight excluding hydrogens is 420 g/mol. The van der Waals surface area contributed by atoms with Crippen LogP contribution < -0.4 is 4.90 Å². The molecule has 0 aliphatic carbocycles. The molecule has 7 heteroatoms. The van der Waals surface area contributed by atoms with Crippen molar-refractivity contribution >= 4 is 28.2 Å². The summed E-state index contributed by atoms with van der Waals surface area (Å²) in [6.45, 7) is 8.64. The number of hydrogen-bond donors (Lipinski definition) is 0. The second-order valence-corrected chi connectivity index (χ2v) is 9.49. The van der Waals surface area contributed by atoms with E-state index in [4.69, 9.17) is 0 Å². The number of anilines is 2. The monoisotopic (exact) mass is 445 g/mol. The molecular formula is C26H25F2N5. The second-order valence-electron chi connectivity index (χ2n) is 9.49. The third kappa shape index (κ3) is 3.70. The number of nitrogens with zero attached hydrogens (tertiary/aromatic N) is 5. The summed E-state index contributed by atoms with van der Waals surface area (Å²) in [5.74, 6) is 6.12. The molecule has 1 aliphatic rings. The van der Waals surface area contributed by atoms with E-state index in [9.17, 15) is 4.39 Å². The molecule has 33 heavy (non-hydrogen) atoms. The summed E-state index contributed by atoms with van der Waals surface area (Å²) >= 11 is 0. The Morgan fingerprint density at radius 1 is 1.03 bits per heavy atom. The first-order valence-corrected chi connectivity index (χ1v) is 11.2. The lowest BCUT2D eigenvalue weighted by Gasteiger charge is -2.26. The molecule has 0 unspecified atom stereocenters. The summed E-state index contributed by atoms with van der Waals surface area (Å²) in [7, 11) is 0. The molecule has 0 N–H and O–H groups in total. The van der Waals surface area contributed by atoms with Gasteiger partial charge in [0.1, 0.15) is 11.6 Å². The van der Waals surface area contributed by atoms with Gasteiger partial charge in [-0.3, -0.25) is 4.40 Å². The smallest absolute Gasteiger partial charge is 0.257 e. The lowest BCUT2D eigenvalue weighted by atomic mass is 9.95. The predicted octanol–water partition coefficient (Wildman–Crippen LogP) is 5.74. The molecule has 0 atom stereocenters. The van der Waals surface area contributed by atoms with Gasteiger partial charge in [0, 0.05) is 23.2 Å². The fraction of sp³-hybridized carbons (Fsp3) is 0.346. The van der Waals surface area contributed by atoms with Crippen LogP contribution in [-0.2, 0) is 6.42 Å². The van der Waals surface area contributed by atoms with E-state index in [0.717, 1.165) is 42.1 Å². The van der Waals surface area contributed by atoms with Crippen molar-refractivity contribution in [1.82, 2.24) is 19.6 Å². The minimum absolute atomic E-state index is 0.123. The molecule has 5 nitrogen and oxygen atoms in total. The van der Waals surface area contributed by atoms with Crippen molar-refractivity contribution in [3.8, 4) is 11.8 Å². The Morgan fingerprint density at radius 2 is 1.85 bits per heavy atom. The first-order valence-electron chi connectivity index (χ1n) is 11.2. The molecule has 2 aromatic carbocycles. The Kier molecular flexibility index (Phi) is 5.04. The minimum atomic E-state index is -0.917. The van der Waals surface area contributed by atoms with Crippen molar-refractivity contribution < 1.29 is 8.78 Å². The van der Waals surface area contributed by atoms with Crippen molar-refractivity contribution in [1.29, 1.82) is 0 Å². The fourth-order valence-electron chi connectivity index (χ4n) is 4.37. The zero-order valence-electron chi connectivity index (χ0n) is 19.2. The lowest BCUT2D eigenvalue weighted by Crippen LogP contribution is -2.21. The van der Waals surface area contributed by atoms with Gasteiger partial charge in [-0.05, 0) is 76.8 Å². The van der Waals surface area contributed by atoms with Crippen LogP contribution in [0.1, 0.15) is 50.6 Å². The summed E-state index contributed by atoms with van der Waals surface area (Å²) in [6.07, 6.45) is 2.72. The number of halogens is 2. The van der Waals surface area contributed by atoms with Crippen molar-refractivity contribution in [2.75, 3.05) is 11.4 Å². The van der Waals surface area contributed by atoms with Gasteiger partial charge in [0.05, 0.1) is 10.9 Å². The van der Waals surface area contributed by atoms with E-state index in [1.54, 1.807) is 17.4 Å². The molecule has 0 radical (unpaired) electrons. The van der Waals surface area contributed by atoms with Gasteiger partial charge in [-0.2, -0.15) is 4.98 Å². The van der Waals surface area contributed by atoms with E-state index in [0.29, 0.717) is 29.5 Å². The number of aryl methyl sites for hydroxylation is 1. The van der Waals surface area contributed by atoms with Crippen LogP contribution in [0.25, 0.3) is 16.7 Å². The van der Waals surface area contributed by atoms with Gasteiger partial charge in [-0.15, -0.1) is 10.2 Å². The van der Waals surface area contributed by atoms with Crippen LogP contribution in [0.4, 0.5) is 20.3 Å². The molecule has 4 aromatic rings. The highest BCUT2D eigenvalue weighted by molar-refractivity contribution is 5.94. The van der Waals surface area contributed by atoms with E-state index in [1.165, 1.54) is 0 Å². The molecule has 0 saturated heterocycles. The number of hydrogen-bond acceptors (Lipinski definition) is 4. The molecule has 0 saturated carbocycles. The van der Waals surface area contributed by atoms with E-state index >= 15 is 4.39 Å². The average molecular weight is 446 g/mol. The summed E-state index contributed by atoms with van der Waals surface area (Å²) in [5.41, 5.74) is 3.36. The van der Waals surface area contributed by atoms with Gasteiger partial charge < -0.3 is 4.90 Å². The first-order chi connectivity index (χ1) is 15.7. The normalized spacial score (nSPS) is 14.2. The number of aromatic nitrogens is 4. The highest BCUT2D eigenvalue weighted by Gasteiger charge is 2.26. The van der Waals surface area contributed by atoms with Crippen LogP contribution in [0.3, 0.4) is 0 Å². The summed E-state index contributed by atoms with van der Waals surface area (Å²) in [5, 5.41) is 8.40. The molecule has 0 amide bonds. The molecule has 0 bridgehead atoms. The van der Waals surface area contributed by atoms with Crippen molar-refractivity contribution in [3.05, 3.63) is 58.9 Å². The molecule has 1 aliphatic heterocycles. The number of fused-ring (bicyclic) bond motifs is 4. The van der Waals surface area contributed by atoms with E-state index in [2.05, 4.69) is 47.8 Å². The largest absolute Gasteiger partial charge is 0.325 e. The van der Waals surface area contributed by atoms with Crippen LogP contribution >= 0.6 is 0 Å². The standard InChI is InChI=1S/C26H25F2N5/c1-16-30-31-25-29-24(22-21(33(16)25)12-11-19(27)23(22)28)32-15-6-5-9-18-17(8-7-10-20(18)32)13-14-26(2,3)4/h7-8,10-12H,5-6,9,15H2,1-4H3. The summed E-state index contributed by atoms with van der Waals surface area (Å²) in [6, 6.07) is 8.69. The molecule has 168 valence electrons. The first kappa shape index (κ1) is 21.3. The van der Waals surface area contributed by atoms with Crippen molar-refractivity contribution in [3.63, 3.8) is 0 Å². The summed E-state index contributed by atoms with van der Waals surface area (Å²) in [4.78, 5) is 6.66. The van der Waals surface area contributed by atoms with Crippen molar-refractivity contribution in [2.24, 2.45) is 5.41 Å². The Morgan fingerprint density at radius 3 is 2.64 bits per heavy atom. The fourth-order valence-corrected chi connectivity index (χ4v) is 4.37.